The Bertz CT molecular complexity index is 1170. The second kappa shape index (κ2) is 13.0. The zero-order valence-electron chi connectivity index (χ0n) is 22.5. The largest absolute Gasteiger partial charge is 0.391 e. The van der Waals surface area contributed by atoms with Crippen molar-refractivity contribution in [2.24, 2.45) is 5.41 Å². The Morgan fingerprint density at radius 2 is 1.95 bits per heavy atom. The number of aliphatic hydroxyl groups is 1. The third-order valence-electron chi connectivity index (χ3n) is 6.65. The number of carbonyl (C=O) groups is 3. The summed E-state index contributed by atoms with van der Waals surface area (Å²) in [4.78, 5) is 46.1. The second-order valence-corrected chi connectivity index (χ2v) is 11.7. The molecule has 38 heavy (non-hydrogen) atoms. The van der Waals surface area contributed by atoms with Crippen LogP contribution in [-0.2, 0) is 20.9 Å². The van der Waals surface area contributed by atoms with Crippen molar-refractivity contribution in [3.63, 3.8) is 0 Å². The van der Waals surface area contributed by atoms with Crippen LogP contribution in [0.5, 0.6) is 0 Å². The van der Waals surface area contributed by atoms with Gasteiger partial charge in [-0.05, 0) is 36.3 Å². The summed E-state index contributed by atoms with van der Waals surface area (Å²) in [6.45, 7) is 7.84. The van der Waals surface area contributed by atoms with Crippen molar-refractivity contribution in [2.45, 2.75) is 84.5 Å². The maximum absolute atomic E-state index is 13.6. The molecule has 1 aliphatic rings. The SMILES string of the molecule is Cc1ncsc1-c1ccc(CNC(=O)[C@@H]2C[C@@H](O)CN2C(=O)[C@@H](NC(=O)CCCCC#N)C(C)(C)C)cc1. The van der Waals surface area contributed by atoms with E-state index in [0.717, 1.165) is 21.7 Å². The highest BCUT2D eigenvalue weighted by Crippen LogP contribution is 2.28. The molecular formula is C28H37N5O4S. The van der Waals surface area contributed by atoms with Gasteiger partial charge in [0, 0.05) is 32.4 Å². The monoisotopic (exact) mass is 539 g/mol. The first-order valence-electron chi connectivity index (χ1n) is 12.9. The van der Waals surface area contributed by atoms with Crippen LogP contribution in [0.4, 0.5) is 0 Å². The molecule has 3 rings (SSSR count). The van der Waals surface area contributed by atoms with E-state index in [9.17, 15) is 19.5 Å². The van der Waals surface area contributed by atoms with Crippen molar-refractivity contribution >= 4 is 29.1 Å². The molecule has 10 heteroatoms. The number of hydrogen-bond donors (Lipinski definition) is 3. The van der Waals surface area contributed by atoms with Gasteiger partial charge in [0.2, 0.25) is 17.7 Å². The van der Waals surface area contributed by atoms with Crippen LogP contribution in [0.2, 0.25) is 0 Å². The minimum absolute atomic E-state index is 0.0322. The second-order valence-electron chi connectivity index (χ2n) is 10.8. The first kappa shape index (κ1) is 29.3. The lowest BCUT2D eigenvalue weighted by Crippen LogP contribution is -2.57. The van der Waals surface area contributed by atoms with Crippen LogP contribution >= 0.6 is 11.3 Å². The van der Waals surface area contributed by atoms with Crippen molar-refractivity contribution in [3.8, 4) is 16.5 Å². The summed E-state index contributed by atoms with van der Waals surface area (Å²) >= 11 is 1.58. The van der Waals surface area contributed by atoms with Gasteiger partial charge in [-0.25, -0.2) is 4.98 Å². The molecule has 0 bridgehead atoms. The van der Waals surface area contributed by atoms with E-state index < -0.39 is 23.6 Å². The fourth-order valence-electron chi connectivity index (χ4n) is 4.50. The minimum Gasteiger partial charge on any atom is -0.391 e. The molecule has 1 aromatic heterocycles. The van der Waals surface area contributed by atoms with Crippen LogP contribution in [0.1, 0.15) is 64.1 Å². The lowest BCUT2D eigenvalue weighted by Gasteiger charge is -2.35. The van der Waals surface area contributed by atoms with Crippen LogP contribution in [0.25, 0.3) is 10.4 Å². The molecule has 3 atom stereocenters. The van der Waals surface area contributed by atoms with Crippen molar-refractivity contribution in [1.29, 1.82) is 5.26 Å². The molecule has 2 aromatic rings. The summed E-state index contributed by atoms with van der Waals surface area (Å²) in [5.41, 5.74) is 4.16. The fraction of sp³-hybridized carbons (Fsp3) is 0.536. The number of thiazole rings is 1. The smallest absolute Gasteiger partial charge is 0.246 e. The lowest BCUT2D eigenvalue weighted by molar-refractivity contribution is -0.144. The molecule has 1 aliphatic heterocycles. The van der Waals surface area contributed by atoms with Crippen LogP contribution in [0.15, 0.2) is 29.8 Å². The number of nitrogens with zero attached hydrogens (tertiary/aromatic N) is 3. The quantitative estimate of drug-likeness (QED) is 0.397. The number of carbonyl (C=O) groups excluding carboxylic acids is 3. The van der Waals surface area contributed by atoms with Crippen molar-refractivity contribution < 1.29 is 19.5 Å². The number of aromatic nitrogens is 1. The Labute approximate surface area is 228 Å². The molecule has 3 N–H and O–H groups in total. The number of aliphatic hydroxyl groups excluding tert-OH is 1. The molecule has 204 valence electrons. The van der Waals surface area contributed by atoms with E-state index in [4.69, 9.17) is 5.26 Å². The Hall–Kier alpha value is -3.29. The van der Waals surface area contributed by atoms with Gasteiger partial charge in [0.25, 0.3) is 0 Å². The molecule has 9 nitrogen and oxygen atoms in total. The van der Waals surface area contributed by atoms with Gasteiger partial charge in [-0.2, -0.15) is 5.26 Å². The Balaban J connectivity index is 1.63. The Kier molecular flexibility index (Phi) is 10.00. The normalized spacial score (nSPS) is 18.1. The average molecular weight is 540 g/mol. The highest BCUT2D eigenvalue weighted by Gasteiger charge is 2.44. The van der Waals surface area contributed by atoms with Gasteiger partial charge in [-0.1, -0.05) is 45.0 Å². The summed E-state index contributed by atoms with van der Waals surface area (Å²) in [6.07, 6.45) is 1.09. The molecule has 0 unspecified atom stereocenters. The Morgan fingerprint density at radius 3 is 2.55 bits per heavy atom. The number of unbranched alkanes of at least 4 members (excludes halogenated alkanes) is 2. The predicted octanol–water partition coefficient (Wildman–Crippen LogP) is 3.31. The number of β-amino-alcohol motifs (C(OH)–C–C–N with tert-alkyl or cyclic N) is 1. The summed E-state index contributed by atoms with van der Waals surface area (Å²) in [6, 6.07) is 8.26. The minimum atomic E-state index is -0.852. The van der Waals surface area contributed by atoms with Crippen LogP contribution in [0.3, 0.4) is 0 Å². The maximum atomic E-state index is 13.6. The number of amides is 3. The molecular weight excluding hydrogens is 502 g/mol. The number of aryl methyl sites for hydroxylation is 1. The summed E-state index contributed by atoms with van der Waals surface area (Å²) < 4.78 is 0. The van der Waals surface area contributed by atoms with Crippen molar-refractivity contribution in [2.75, 3.05) is 6.54 Å². The van der Waals surface area contributed by atoms with Gasteiger partial charge in [0.15, 0.2) is 0 Å². The topological polar surface area (TPSA) is 135 Å². The molecule has 2 heterocycles. The van der Waals surface area contributed by atoms with E-state index >= 15 is 0 Å². The van der Waals surface area contributed by atoms with E-state index in [1.807, 2.05) is 57.5 Å². The lowest BCUT2D eigenvalue weighted by atomic mass is 9.85. The standard InChI is InChI=1S/C28H37N5O4S/c1-18-24(38-17-31-18)20-11-9-19(10-12-20)15-30-26(36)22-14-21(34)16-33(22)27(37)25(28(2,3)4)32-23(35)8-6-5-7-13-29/h9-12,17,21-22,25,34H,5-8,14-16H2,1-4H3,(H,30,36)(H,32,35)/t21-,22+,25-/m1/s1. The van der Waals surface area contributed by atoms with Gasteiger partial charge >= 0.3 is 0 Å². The number of nitriles is 1. The molecule has 0 spiro atoms. The van der Waals surface area contributed by atoms with Crippen molar-refractivity contribution in [1.82, 2.24) is 20.5 Å². The Morgan fingerprint density at radius 1 is 1.24 bits per heavy atom. The van der Waals surface area contributed by atoms with Crippen LogP contribution < -0.4 is 10.6 Å². The maximum Gasteiger partial charge on any atom is 0.246 e. The van der Waals surface area contributed by atoms with E-state index in [2.05, 4.69) is 21.7 Å². The number of hydrogen-bond acceptors (Lipinski definition) is 7. The fourth-order valence-corrected chi connectivity index (χ4v) is 5.31. The molecule has 0 radical (unpaired) electrons. The van der Waals surface area contributed by atoms with Crippen LogP contribution in [0, 0.1) is 23.7 Å². The highest BCUT2D eigenvalue weighted by molar-refractivity contribution is 7.13. The van der Waals surface area contributed by atoms with Gasteiger partial charge in [0.05, 0.1) is 28.3 Å². The number of benzene rings is 1. The molecule has 1 aromatic carbocycles. The summed E-state index contributed by atoms with van der Waals surface area (Å²) in [5.74, 6) is -0.995. The molecule has 1 saturated heterocycles. The number of likely N-dealkylation sites (tertiary alicyclic amines) is 1. The summed E-state index contributed by atoms with van der Waals surface area (Å²) in [5, 5.41) is 24.7. The predicted molar refractivity (Wildman–Crippen MR) is 146 cm³/mol. The summed E-state index contributed by atoms with van der Waals surface area (Å²) in [7, 11) is 0. The van der Waals surface area contributed by atoms with E-state index in [1.165, 1.54) is 4.90 Å². The first-order valence-corrected chi connectivity index (χ1v) is 13.8. The average Bonchev–Trinajstić information content (AvgIpc) is 3.48. The van der Waals surface area contributed by atoms with Gasteiger partial charge in [-0.15, -0.1) is 11.3 Å². The van der Waals surface area contributed by atoms with E-state index in [-0.39, 0.29) is 43.7 Å². The zero-order chi connectivity index (χ0) is 27.9. The first-order chi connectivity index (χ1) is 18.0. The van der Waals surface area contributed by atoms with Crippen molar-refractivity contribution in [3.05, 3.63) is 41.0 Å². The number of nitrogens with one attached hydrogen (secondary N) is 2. The zero-order valence-corrected chi connectivity index (χ0v) is 23.3. The molecule has 3 amide bonds. The molecule has 1 fully saturated rings. The third-order valence-corrected chi connectivity index (χ3v) is 7.63. The van der Waals surface area contributed by atoms with E-state index in [0.29, 0.717) is 19.3 Å². The van der Waals surface area contributed by atoms with Crippen LogP contribution in [-0.4, -0.2) is 57.4 Å². The molecule has 0 saturated carbocycles. The van der Waals surface area contributed by atoms with E-state index in [1.54, 1.807) is 11.3 Å². The number of rotatable bonds is 10. The van der Waals surface area contributed by atoms with Gasteiger partial charge in [0.1, 0.15) is 12.1 Å². The molecule has 0 aliphatic carbocycles. The van der Waals surface area contributed by atoms with Gasteiger partial charge < -0.3 is 20.6 Å². The third kappa shape index (κ3) is 7.62. The van der Waals surface area contributed by atoms with Gasteiger partial charge in [-0.3, -0.25) is 14.4 Å². The highest BCUT2D eigenvalue weighted by atomic mass is 32.1.